The summed E-state index contributed by atoms with van der Waals surface area (Å²) in [5.41, 5.74) is 10.9. The molecule has 1 N–H and O–H groups in total. The minimum atomic E-state index is -0.163. The molecule has 1 heterocycles. The molecule has 36 heavy (non-hydrogen) atoms. The third kappa shape index (κ3) is 4.54. The largest absolute Gasteiger partial charge is 0.381 e. The lowest BCUT2D eigenvalue weighted by Gasteiger charge is -2.33. The first-order valence-electron chi connectivity index (χ1n) is 12.7. The minimum Gasteiger partial charge on any atom is -0.381 e. The van der Waals surface area contributed by atoms with Crippen LogP contribution in [0.15, 0.2) is 102 Å². The number of nitrogens with one attached hydrogen (secondary N) is 1. The lowest BCUT2D eigenvalue weighted by molar-refractivity contribution is 0.425. The zero-order valence-electron chi connectivity index (χ0n) is 21.9. The molecule has 0 spiro atoms. The van der Waals surface area contributed by atoms with Crippen LogP contribution in [0.25, 0.3) is 0 Å². The molecule has 1 aliphatic rings. The fourth-order valence-corrected chi connectivity index (χ4v) is 5.57. The second-order valence-electron chi connectivity index (χ2n) is 10.5. The molecule has 0 saturated heterocycles. The van der Waals surface area contributed by atoms with Crippen LogP contribution in [0.2, 0.25) is 0 Å². The highest BCUT2D eigenvalue weighted by Gasteiger charge is 2.46. The van der Waals surface area contributed by atoms with E-state index in [1.165, 1.54) is 39.1 Å². The second-order valence-corrected chi connectivity index (χ2v) is 10.5. The molecule has 0 unspecified atom stereocenters. The van der Waals surface area contributed by atoms with E-state index in [1.54, 1.807) is 0 Å². The van der Waals surface area contributed by atoms with Crippen LogP contribution in [-0.4, -0.2) is 5.71 Å². The topological polar surface area (TPSA) is 27.6 Å². The molecule has 4 aromatic rings. The Morgan fingerprint density at radius 3 is 1.97 bits per heavy atom. The molecule has 0 radical (unpaired) electrons. The maximum atomic E-state index is 5.23. The maximum absolute atomic E-state index is 5.23. The third-order valence-electron chi connectivity index (χ3n) is 7.26. The molecular formula is C33H35N3. The molecule has 1 aliphatic heterocycles. The molecule has 0 bridgehead atoms. The Morgan fingerprint density at radius 1 is 0.778 bits per heavy atom. The molecule has 4 aromatic carbocycles. The van der Waals surface area contributed by atoms with E-state index < -0.39 is 0 Å². The van der Waals surface area contributed by atoms with Gasteiger partial charge in [-0.25, -0.2) is 0 Å². The van der Waals surface area contributed by atoms with Gasteiger partial charge in [0.25, 0.3) is 0 Å². The van der Waals surface area contributed by atoms with Crippen LogP contribution < -0.4 is 10.3 Å². The molecule has 0 fully saturated rings. The Balaban J connectivity index is 1.45. The molecule has 1 atom stereocenters. The van der Waals surface area contributed by atoms with Gasteiger partial charge in [0.2, 0.25) is 0 Å². The van der Waals surface area contributed by atoms with Crippen molar-refractivity contribution >= 4 is 17.1 Å². The summed E-state index contributed by atoms with van der Waals surface area (Å²) in [6.45, 7) is 11.9. The Kier molecular flexibility index (Phi) is 6.40. The van der Waals surface area contributed by atoms with Gasteiger partial charge in [-0.1, -0.05) is 104 Å². The zero-order valence-corrected chi connectivity index (χ0v) is 21.9. The van der Waals surface area contributed by atoms with Crippen LogP contribution in [-0.2, 0) is 6.54 Å². The van der Waals surface area contributed by atoms with Crippen molar-refractivity contribution in [3.8, 4) is 0 Å². The van der Waals surface area contributed by atoms with Gasteiger partial charge in [0.05, 0.1) is 17.4 Å². The Bertz CT molecular complexity index is 1350. The first-order valence-corrected chi connectivity index (χ1v) is 12.7. The fraction of sp³-hybridized carbons (Fsp3) is 0.242. The Morgan fingerprint density at radius 2 is 1.36 bits per heavy atom. The monoisotopic (exact) mass is 473 g/mol. The van der Waals surface area contributed by atoms with Gasteiger partial charge in [-0.05, 0) is 60.7 Å². The van der Waals surface area contributed by atoms with Crippen LogP contribution in [0.5, 0.6) is 0 Å². The molecule has 3 heteroatoms. The van der Waals surface area contributed by atoms with Gasteiger partial charge < -0.3 is 5.32 Å². The van der Waals surface area contributed by atoms with Crippen molar-refractivity contribution in [2.24, 2.45) is 10.5 Å². The van der Waals surface area contributed by atoms with Gasteiger partial charge in [-0.3, -0.25) is 5.01 Å². The van der Waals surface area contributed by atoms with E-state index in [0.29, 0.717) is 0 Å². The summed E-state index contributed by atoms with van der Waals surface area (Å²) in [5, 5.41) is 11.1. The van der Waals surface area contributed by atoms with Gasteiger partial charge >= 0.3 is 0 Å². The number of benzene rings is 4. The van der Waals surface area contributed by atoms with Crippen LogP contribution in [0.3, 0.4) is 0 Å². The molecule has 5 rings (SSSR count). The lowest BCUT2D eigenvalue weighted by Crippen LogP contribution is -2.32. The highest BCUT2D eigenvalue weighted by atomic mass is 15.5. The smallest absolute Gasteiger partial charge is 0.0882 e. The number of rotatable bonds is 6. The summed E-state index contributed by atoms with van der Waals surface area (Å²) in [7, 11) is 0. The summed E-state index contributed by atoms with van der Waals surface area (Å²) >= 11 is 0. The standard InChI is InChI=1S/C33H35N3/c1-23-20-24(2)30(25(3)21-23)34-22-26-16-18-29(19-17-26)36-32(28-14-10-7-11-15-28)33(4,5)31(35-36)27-12-8-6-9-13-27/h6-21,32,34H,22H2,1-5H3/t32-/m1/s1. The number of aryl methyl sites for hydroxylation is 3. The highest BCUT2D eigenvalue weighted by molar-refractivity contribution is 6.07. The lowest BCUT2D eigenvalue weighted by atomic mass is 9.75. The first-order chi connectivity index (χ1) is 17.3. The van der Waals surface area contributed by atoms with Crippen molar-refractivity contribution in [2.75, 3.05) is 10.3 Å². The Hall–Kier alpha value is -3.85. The van der Waals surface area contributed by atoms with Gasteiger partial charge in [-0.2, -0.15) is 5.10 Å². The van der Waals surface area contributed by atoms with E-state index in [9.17, 15) is 0 Å². The summed E-state index contributed by atoms with van der Waals surface area (Å²) in [5.74, 6) is 0. The van der Waals surface area contributed by atoms with Crippen LogP contribution in [0.4, 0.5) is 11.4 Å². The van der Waals surface area contributed by atoms with E-state index in [2.05, 4.69) is 142 Å². The number of hydrogen-bond donors (Lipinski definition) is 1. The average molecular weight is 474 g/mol. The number of hydrazone groups is 1. The zero-order chi connectivity index (χ0) is 25.3. The van der Waals surface area contributed by atoms with Gasteiger partial charge in [-0.15, -0.1) is 0 Å². The molecule has 0 aromatic heterocycles. The van der Waals surface area contributed by atoms with E-state index in [1.807, 2.05) is 0 Å². The quantitative estimate of drug-likeness (QED) is 0.305. The van der Waals surface area contributed by atoms with E-state index in [0.717, 1.165) is 17.9 Å². The fourth-order valence-electron chi connectivity index (χ4n) is 5.57. The van der Waals surface area contributed by atoms with E-state index >= 15 is 0 Å². The summed E-state index contributed by atoms with van der Waals surface area (Å²) in [6.07, 6.45) is 0. The van der Waals surface area contributed by atoms with Crippen molar-refractivity contribution in [3.05, 3.63) is 130 Å². The molecule has 0 saturated carbocycles. The summed E-state index contributed by atoms with van der Waals surface area (Å²) in [4.78, 5) is 0. The van der Waals surface area contributed by atoms with Crippen molar-refractivity contribution in [3.63, 3.8) is 0 Å². The predicted molar refractivity (Wildman–Crippen MR) is 153 cm³/mol. The van der Waals surface area contributed by atoms with E-state index in [-0.39, 0.29) is 11.5 Å². The van der Waals surface area contributed by atoms with Crippen molar-refractivity contribution in [1.82, 2.24) is 0 Å². The third-order valence-corrected chi connectivity index (χ3v) is 7.26. The number of anilines is 2. The second kappa shape index (κ2) is 9.66. The van der Waals surface area contributed by atoms with Gasteiger partial charge in [0, 0.05) is 17.6 Å². The average Bonchev–Trinajstić information content (AvgIpc) is 3.15. The molecule has 3 nitrogen and oxygen atoms in total. The van der Waals surface area contributed by atoms with Crippen molar-refractivity contribution < 1.29 is 0 Å². The Labute approximate surface area is 215 Å². The van der Waals surface area contributed by atoms with Gasteiger partial charge in [0.1, 0.15) is 0 Å². The van der Waals surface area contributed by atoms with Crippen LogP contribution in [0, 0.1) is 26.2 Å². The SMILES string of the molecule is Cc1cc(C)c(NCc2ccc(N3N=C(c4ccccc4)C(C)(C)[C@H]3c3ccccc3)cc2)c(C)c1. The van der Waals surface area contributed by atoms with Gasteiger partial charge in [0.15, 0.2) is 0 Å². The minimum absolute atomic E-state index is 0.107. The molecule has 182 valence electrons. The summed E-state index contributed by atoms with van der Waals surface area (Å²) < 4.78 is 0. The van der Waals surface area contributed by atoms with Crippen LogP contribution in [0.1, 0.15) is 53.3 Å². The van der Waals surface area contributed by atoms with Crippen molar-refractivity contribution in [1.29, 1.82) is 0 Å². The molecular weight excluding hydrogens is 438 g/mol. The molecule has 0 amide bonds. The normalized spacial score (nSPS) is 16.6. The van der Waals surface area contributed by atoms with Crippen molar-refractivity contribution in [2.45, 2.75) is 47.2 Å². The van der Waals surface area contributed by atoms with Crippen LogP contribution >= 0.6 is 0 Å². The maximum Gasteiger partial charge on any atom is 0.0882 e. The molecule has 0 aliphatic carbocycles. The number of hydrogen-bond acceptors (Lipinski definition) is 3. The predicted octanol–water partition coefficient (Wildman–Crippen LogP) is 8.22. The number of nitrogens with zero attached hydrogens (tertiary/aromatic N) is 2. The van der Waals surface area contributed by atoms with E-state index in [4.69, 9.17) is 5.10 Å². The first kappa shape index (κ1) is 23.9. The summed E-state index contributed by atoms with van der Waals surface area (Å²) in [6, 6.07) is 34.7. The highest BCUT2D eigenvalue weighted by Crippen LogP contribution is 2.48.